The number of carbonyl (C=O) groups is 1. The molecule has 0 aliphatic carbocycles. The molecule has 0 aliphatic heterocycles. The van der Waals surface area contributed by atoms with Gasteiger partial charge in [-0.2, -0.15) is 0 Å². The maximum atomic E-state index is 12.6. The van der Waals surface area contributed by atoms with E-state index in [0.717, 1.165) is 26.9 Å². The number of aromatic nitrogens is 1. The summed E-state index contributed by atoms with van der Waals surface area (Å²) in [5, 5.41) is 7.85. The van der Waals surface area contributed by atoms with Crippen LogP contribution in [-0.2, 0) is 11.2 Å². The molecule has 4 nitrogen and oxygen atoms in total. The first kappa shape index (κ1) is 16.8. The van der Waals surface area contributed by atoms with Crippen LogP contribution in [0.15, 0.2) is 76.0 Å². The third kappa shape index (κ3) is 3.76. The van der Waals surface area contributed by atoms with E-state index in [4.69, 9.17) is 4.42 Å². The Kier molecular flexibility index (Phi) is 4.95. The van der Waals surface area contributed by atoms with Crippen LogP contribution in [0.5, 0.6) is 0 Å². The van der Waals surface area contributed by atoms with Crippen LogP contribution >= 0.6 is 22.7 Å². The van der Waals surface area contributed by atoms with Gasteiger partial charge in [-0.15, -0.1) is 22.7 Å². The number of benzene rings is 1. The van der Waals surface area contributed by atoms with Crippen LogP contribution in [-0.4, -0.2) is 10.9 Å². The third-order valence-electron chi connectivity index (χ3n) is 3.89. The van der Waals surface area contributed by atoms with Crippen LogP contribution in [0, 0.1) is 0 Å². The van der Waals surface area contributed by atoms with Crippen molar-refractivity contribution < 1.29 is 9.21 Å². The molecule has 26 heavy (non-hydrogen) atoms. The van der Waals surface area contributed by atoms with Gasteiger partial charge in [0.2, 0.25) is 5.91 Å². The Morgan fingerprint density at radius 1 is 1.08 bits per heavy atom. The number of carbonyl (C=O) groups excluding carboxylic acids is 1. The van der Waals surface area contributed by atoms with Crippen molar-refractivity contribution >= 4 is 28.6 Å². The Morgan fingerprint density at radius 2 is 1.96 bits per heavy atom. The number of nitrogens with zero attached hydrogens (tertiary/aromatic N) is 1. The van der Waals surface area contributed by atoms with E-state index in [0.29, 0.717) is 0 Å². The summed E-state index contributed by atoms with van der Waals surface area (Å²) in [4.78, 5) is 18.2. The minimum absolute atomic E-state index is 0.0523. The third-order valence-corrected chi connectivity index (χ3v) is 5.73. The predicted octanol–water partition coefficient (Wildman–Crippen LogP) is 4.91. The summed E-state index contributed by atoms with van der Waals surface area (Å²) in [5.41, 5.74) is 1.81. The fraction of sp³-hybridized carbons (Fsp3) is 0.100. The number of furan rings is 1. The van der Waals surface area contributed by atoms with Crippen molar-refractivity contribution in [3.05, 3.63) is 87.8 Å². The van der Waals surface area contributed by atoms with Gasteiger partial charge < -0.3 is 9.73 Å². The normalized spacial score (nSPS) is 12.0. The topological polar surface area (TPSA) is 55.1 Å². The predicted molar refractivity (Wildman–Crippen MR) is 104 cm³/mol. The molecule has 1 atom stereocenters. The quantitative estimate of drug-likeness (QED) is 0.517. The molecule has 0 saturated carbocycles. The second-order valence-electron chi connectivity index (χ2n) is 5.72. The Balaban J connectivity index is 1.49. The van der Waals surface area contributed by atoms with Crippen LogP contribution in [0.4, 0.5) is 0 Å². The molecular weight excluding hydrogens is 364 g/mol. The summed E-state index contributed by atoms with van der Waals surface area (Å²) in [6.45, 7) is 0. The van der Waals surface area contributed by atoms with Gasteiger partial charge in [0.1, 0.15) is 0 Å². The van der Waals surface area contributed by atoms with Gasteiger partial charge in [0.25, 0.3) is 0 Å². The molecule has 0 bridgehead atoms. The fourth-order valence-corrected chi connectivity index (χ4v) is 4.29. The molecule has 3 aromatic heterocycles. The second-order valence-corrected chi connectivity index (χ2v) is 7.56. The van der Waals surface area contributed by atoms with Gasteiger partial charge in [-0.3, -0.25) is 4.79 Å². The summed E-state index contributed by atoms with van der Waals surface area (Å²) in [7, 11) is 0. The van der Waals surface area contributed by atoms with E-state index in [1.807, 2.05) is 65.4 Å². The second kappa shape index (κ2) is 7.68. The van der Waals surface area contributed by atoms with E-state index in [9.17, 15) is 4.79 Å². The molecule has 1 N–H and O–H groups in total. The van der Waals surface area contributed by atoms with Gasteiger partial charge in [0.05, 0.1) is 24.4 Å². The summed E-state index contributed by atoms with van der Waals surface area (Å²) in [5.74, 6) is 0.672. The number of hydrogen-bond acceptors (Lipinski definition) is 5. The molecule has 4 rings (SSSR count). The Labute approximate surface area is 159 Å². The molecule has 1 amide bonds. The first-order valence-corrected chi connectivity index (χ1v) is 9.91. The van der Waals surface area contributed by atoms with Crippen molar-refractivity contribution in [2.75, 3.05) is 0 Å². The summed E-state index contributed by atoms with van der Waals surface area (Å²) in [6.07, 6.45) is 1.86. The first-order valence-electron chi connectivity index (χ1n) is 8.15. The van der Waals surface area contributed by atoms with Crippen molar-refractivity contribution in [2.45, 2.75) is 12.5 Å². The average molecular weight is 380 g/mol. The molecule has 0 saturated heterocycles. The van der Waals surface area contributed by atoms with Crippen LogP contribution in [0.2, 0.25) is 0 Å². The lowest BCUT2D eigenvalue weighted by Gasteiger charge is -2.17. The standard InChI is InChI=1S/C20H16N2O2S2/c23-18(12-15-13-26-20(21-15)16-8-4-10-24-16)22-19(17-9-5-11-25-17)14-6-2-1-3-7-14/h1-11,13,19H,12H2,(H,22,23)/t19-/m0/s1. The van der Waals surface area contributed by atoms with Crippen molar-refractivity contribution in [1.29, 1.82) is 0 Å². The molecule has 0 spiro atoms. The number of amides is 1. The molecule has 6 heteroatoms. The van der Waals surface area contributed by atoms with Crippen LogP contribution < -0.4 is 5.32 Å². The highest BCUT2D eigenvalue weighted by Crippen LogP contribution is 2.27. The highest BCUT2D eigenvalue weighted by Gasteiger charge is 2.19. The zero-order valence-electron chi connectivity index (χ0n) is 13.8. The van der Waals surface area contributed by atoms with Gasteiger partial charge in [0.15, 0.2) is 10.8 Å². The van der Waals surface area contributed by atoms with Gasteiger partial charge in [-0.25, -0.2) is 4.98 Å². The highest BCUT2D eigenvalue weighted by molar-refractivity contribution is 7.13. The van der Waals surface area contributed by atoms with Crippen molar-refractivity contribution in [3.63, 3.8) is 0 Å². The largest absolute Gasteiger partial charge is 0.462 e. The average Bonchev–Trinajstić information content (AvgIpc) is 3.41. The van der Waals surface area contributed by atoms with Crippen LogP contribution in [0.3, 0.4) is 0 Å². The SMILES string of the molecule is O=C(Cc1csc(-c2ccco2)n1)N[C@@H](c1ccccc1)c1cccs1. The van der Waals surface area contributed by atoms with E-state index < -0.39 is 0 Å². The Hall–Kier alpha value is -2.70. The van der Waals surface area contributed by atoms with Crippen molar-refractivity contribution in [3.8, 4) is 10.8 Å². The highest BCUT2D eigenvalue weighted by atomic mass is 32.1. The summed E-state index contributed by atoms with van der Waals surface area (Å²) in [6, 6.07) is 17.6. The number of thiophene rings is 1. The monoisotopic (exact) mass is 380 g/mol. The Bertz CT molecular complexity index is 961. The lowest BCUT2D eigenvalue weighted by molar-refractivity contribution is -0.120. The minimum atomic E-state index is -0.146. The van der Waals surface area contributed by atoms with E-state index >= 15 is 0 Å². The number of thiazole rings is 1. The molecule has 0 aliphatic rings. The van der Waals surface area contributed by atoms with E-state index in [1.54, 1.807) is 17.6 Å². The van der Waals surface area contributed by atoms with Gasteiger partial charge in [0, 0.05) is 10.3 Å². The van der Waals surface area contributed by atoms with Gasteiger partial charge >= 0.3 is 0 Å². The summed E-state index contributed by atoms with van der Waals surface area (Å²) >= 11 is 3.12. The molecule has 130 valence electrons. The van der Waals surface area contributed by atoms with E-state index in [2.05, 4.69) is 10.3 Å². The molecule has 0 radical (unpaired) electrons. The van der Waals surface area contributed by atoms with Gasteiger partial charge in [-0.05, 0) is 29.1 Å². The molecule has 0 unspecified atom stereocenters. The maximum Gasteiger partial charge on any atom is 0.226 e. The van der Waals surface area contributed by atoms with Crippen LogP contribution in [0.1, 0.15) is 22.2 Å². The minimum Gasteiger partial charge on any atom is -0.462 e. The van der Waals surface area contributed by atoms with Crippen molar-refractivity contribution in [2.24, 2.45) is 0 Å². The van der Waals surface area contributed by atoms with Gasteiger partial charge in [-0.1, -0.05) is 36.4 Å². The fourth-order valence-electron chi connectivity index (χ4n) is 2.70. The Morgan fingerprint density at radius 3 is 2.69 bits per heavy atom. The van der Waals surface area contributed by atoms with Crippen LogP contribution in [0.25, 0.3) is 10.8 Å². The molecule has 1 aromatic carbocycles. The van der Waals surface area contributed by atoms with E-state index in [1.165, 1.54) is 11.3 Å². The molecule has 4 aromatic rings. The number of nitrogens with one attached hydrogen (secondary N) is 1. The summed E-state index contributed by atoms with van der Waals surface area (Å²) < 4.78 is 5.36. The number of rotatable bonds is 6. The zero-order chi connectivity index (χ0) is 17.8. The lowest BCUT2D eigenvalue weighted by Crippen LogP contribution is -2.30. The molecule has 0 fully saturated rings. The molecular formula is C20H16N2O2S2. The molecule has 3 heterocycles. The zero-order valence-corrected chi connectivity index (χ0v) is 15.4. The number of hydrogen-bond donors (Lipinski definition) is 1. The first-order chi connectivity index (χ1) is 12.8. The smallest absolute Gasteiger partial charge is 0.226 e. The lowest BCUT2D eigenvalue weighted by atomic mass is 10.1. The van der Waals surface area contributed by atoms with Crippen molar-refractivity contribution in [1.82, 2.24) is 10.3 Å². The van der Waals surface area contributed by atoms with E-state index in [-0.39, 0.29) is 18.4 Å². The maximum absolute atomic E-state index is 12.6.